The molecule has 3 atom stereocenters. The van der Waals surface area contributed by atoms with E-state index < -0.39 is 6.29 Å². The fourth-order valence-electron chi connectivity index (χ4n) is 4.71. The summed E-state index contributed by atoms with van der Waals surface area (Å²) in [6.07, 6.45) is 5.36. The molecule has 0 spiro atoms. The van der Waals surface area contributed by atoms with Crippen molar-refractivity contribution in [3.05, 3.63) is 77.7 Å². The lowest BCUT2D eigenvalue weighted by Gasteiger charge is -2.37. The summed E-state index contributed by atoms with van der Waals surface area (Å²) in [6.45, 7) is 2.96. The summed E-state index contributed by atoms with van der Waals surface area (Å²) in [5.41, 5.74) is 3.24. The van der Waals surface area contributed by atoms with Crippen molar-refractivity contribution in [3.63, 3.8) is 0 Å². The van der Waals surface area contributed by atoms with E-state index in [9.17, 15) is 9.90 Å². The molecule has 186 valence electrons. The van der Waals surface area contributed by atoms with Crippen LogP contribution in [0.2, 0.25) is 0 Å². The van der Waals surface area contributed by atoms with E-state index in [-0.39, 0.29) is 30.1 Å². The van der Waals surface area contributed by atoms with Crippen LogP contribution in [0.25, 0.3) is 10.9 Å². The average molecular weight is 479 g/mol. The smallest absolute Gasteiger partial charge is 0.286 e. The lowest BCUT2D eigenvalue weighted by molar-refractivity contribution is -0.166. The Kier molecular flexibility index (Phi) is 8.45. The summed E-state index contributed by atoms with van der Waals surface area (Å²) >= 11 is 0. The first-order valence-corrected chi connectivity index (χ1v) is 12.2. The molecule has 0 radical (unpaired) electrons. The average Bonchev–Trinajstić information content (AvgIpc) is 3.30. The number of H-pyrrole nitrogens is 1. The Labute approximate surface area is 206 Å². The molecule has 4 rings (SSSR count). The minimum absolute atomic E-state index is 0.00208. The molecule has 35 heavy (non-hydrogen) atoms. The van der Waals surface area contributed by atoms with Gasteiger partial charge in [0, 0.05) is 48.7 Å². The zero-order chi connectivity index (χ0) is 24.6. The van der Waals surface area contributed by atoms with Crippen LogP contribution in [0.3, 0.4) is 0 Å². The van der Waals surface area contributed by atoms with Gasteiger partial charge in [0.1, 0.15) is 5.75 Å². The van der Waals surface area contributed by atoms with E-state index in [1.807, 2.05) is 55.6 Å². The van der Waals surface area contributed by atoms with Crippen molar-refractivity contribution in [2.24, 2.45) is 5.92 Å². The highest BCUT2D eigenvalue weighted by Crippen LogP contribution is 2.39. The van der Waals surface area contributed by atoms with Gasteiger partial charge >= 0.3 is 0 Å². The SMILES string of the molecule is CCO[C@@H]1OC(C(=O)NCCc2c[nH]c3ccc(OC)cc23)=C[C@H](c2ccccc2)[C@H]1CCCO. The number of hydrogen-bond acceptors (Lipinski definition) is 5. The number of ether oxygens (including phenoxy) is 3. The van der Waals surface area contributed by atoms with Gasteiger partial charge in [-0.05, 0) is 61.6 Å². The zero-order valence-corrected chi connectivity index (χ0v) is 20.3. The summed E-state index contributed by atoms with van der Waals surface area (Å²) in [5, 5.41) is 13.5. The molecule has 0 fully saturated rings. The number of aromatic amines is 1. The van der Waals surface area contributed by atoms with Crippen LogP contribution in [0.5, 0.6) is 5.75 Å². The largest absolute Gasteiger partial charge is 0.497 e. The molecule has 1 aromatic heterocycles. The molecule has 2 heterocycles. The van der Waals surface area contributed by atoms with Crippen molar-refractivity contribution < 1.29 is 24.1 Å². The Morgan fingerprint density at radius 1 is 1.20 bits per heavy atom. The number of rotatable bonds is 11. The highest BCUT2D eigenvalue weighted by atomic mass is 16.7. The maximum Gasteiger partial charge on any atom is 0.286 e. The molecule has 0 saturated heterocycles. The van der Waals surface area contributed by atoms with Crippen molar-refractivity contribution >= 4 is 16.8 Å². The Morgan fingerprint density at radius 2 is 2.03 bits per heavy atom. The molecule has 2 aromatic carbocycles. The van der Waals surface area contributed by atoms with Gasteiger partial charge in [0.05, 0.1) is 7.11 Å². The molecule has 3 N–H and O–H groups in total. The van der Waals surface area contributed by atoms with Crippen LogP contribution < -0.4 is 10.1 Å². The molecule has 1 amide bonds. The first-order chi connectivity index (χ1) is 17.1. The van der Waals surface area contributed by atoms with Crippen molar-refractivity contribution in [2.75, 3.05) is 26.9 Å². The maximum atomic E-state index is 13.1. The molecular weight excluding hydrogens is 444 g/mol. The number of benzene rings is 2. The van der Waals surface area contributed by atoms with Crippen LogP contribution in [0, 0.1) is 5.92 Å². The number of aromatic nitrogens is 1. The van der Waals surface area contributed by atoms with Crippen LogP contribution in [-0.4, -0.2) is 49.2 Å². The van der Waals surface area contributed by atoms with Crippen molar-refractivity contribution in [3.8, 4) is 5.75 Å². The molecule has 0 aliphatic carbocycles. The predicted octanol–water partition coefficient (Wildman–Crippen LogP) is 4.28. The van der Waals surface area contributed by atoms with Gasteiger partial charge in [-0.25, -0.2) is 0 Å². The normalized spacial score (nSPS) is 19.7. The lowest BCUT2D eigenvalue weighted by Crippen LogP contribution is -2.39. The van der Waals surface area contributed by atoms with E-state index in [0.717, 1.165) is 34.2 Å². The predicted molar refractivity (Wildman–Crippen MR) is 135 cm³/mol. The number of nitrogens with one attached hydrogen (secondary N) is 2. The summed E-state index contributed by atoms with van der Waals surface area (Å²) in [7, 11) is 1.65. The Morgan fingerprint density at radius 3 is 2.77 bits per heavy atom. The van der Waals surface area contributed by atoms with Gasteiger partial charge in [-0.3, -0.25) is 4.79 Å². The third-order valence-corrected chi connectivity index (χ3v) is 6.47. The van der Waals surface area contributed by atoms with Gasteiger partial charge < -0.3 is 29.6 Å². The summed E-state index contributed by atoms with van der Waals surface area (Å²) < 4.78 is 17.3. The Bertz CT molecular complexity index is 1140. The molecule has 7 nitrogen and oxygen atoms in total. The minimum atomic E-state index is -0.552. The highest BCUT2D eigenvalue weighted by Gasteiger charge is 2.37. The van der Waals surface area contributed by atoms with Gasteiger partial charge in [0.25, 0.3) is 5.91 Å². The number of fused-ring (bicyclic) bond motifs is 1. The number of aliphatic hydroxyl groups is 1. The van der Waals surface area contributed by atoms with Crippen molar-refractivity contribution in [1.29, 1.82) is 0 Å². The van der Waals surface area contributed by atoms with Gasteiger partial charge in [0.2, 0.25) is 6.29 Å². The van der Waals surface area contributed by atoms with Crippen LogP contribution in [0.15, 0.2) is 66.6 Å². The summed E-state index contributed by atoms with van der Waals surface area (Å²) in [4.78, 5) is 16.4. The Balaban J connectivity index is 1.49. The van der Waals surface area contributed by atoms with E-state index >= 15 is 0 Å². The first-order valence-electron chi connectivity index (χ1n) is 12.2. The number of hydrogen-bond donors (Lipinski definition) is 3. The zero-order valence-electron chi connectivity index (χ0n) is 20.3. The molecule has 7 heteroatoms. The van der Waals surface area contributed by atoms with Gasteiger partial charge in [0.15, 0.2) is 5.76 Å². The fraction of sp³-hybridized carbons (Fsp3) is 0.393. The second-order valence-corrected chi connectivity index (χ2v) is 8.67. The summed E-state index contributed by atoms with van der Waals surface area (Å²) in [6, 6.07) is 16.0. The number of aliphatic hydroxyl groups excluding tert-OH is 1. The van der Waals surface area contributed by atoms with Crippen LogP contribution in [0.4, 0.5) is 0 Å². The molecule has 0 saturated carbocycles. The summed E-state index contributed by atoms with van der Waals surface area (Å²) in [5.74, 6) is 0.775. The van der Waals surface area contributed by atoms with E-state index in [1.54, 1.807) is 7.11 Å². The van der Waals surface area contributed by atoms with Crippen LogP contribution in [0.1, 0.15) is 36.8 Å². The monoisotopic (exact) mass is 478 g/mol. The molecule has 3 aromatic rings. The number of carbonyl (C=O) groups excluding carboxylic acids is 1. The Hall–Kier alpha value is -3.29. The number of carbonyl (C=O) groups is 1. The molecular formula is C28H34N2O5. The van der Waals surface area contributed by atoms with Gasteiger partial charge in [-0.15, -0.1) is 0 Å². The molecule has 1 aliphatic rings. The van der Waals surface area contributed by atoms with Gasteiger partial charge in [-0.2, -0.15) is 0 Å². The number of allylic oxidation sites excluding steroid dienone is 1. The van der Waals surface area contributed by atoms with Gasteiger partial charge in [-0.1, -0.05) is 30.3 Å². The minimum Gasteiger partial charge on any atom is -0.497 e. The van der Waals surface area contributed by atoms with E-state index in [0.29, 0.717) is 26.0 Å². The number of amides is 1. The second-order valence-electron chi connectivity index (χ2n) is 8.67. The van der Waals surface area contributed by atoms with E-state index in [2.05, 4.69) is 22.4 Å². The van der Waals surface area contributed by atoms with Crippen LogP contribution >= 0.6 is 0 Å². The topological polar surface area (TPSA) is 92.8 Å². The van der Waals surface area contributed by atoms with Crippen LogP contribution in [-0.2, 0) is 20.7 Å². The second kappa shape index (κ2) is 11.9. The van der Waals surface area contributed by atoms with E-state index in [1.165, 1.54) is 0 Å². The molecule has 0 bridgehead atoms. The van der Waals surface area contributed by atoms with E-state index in [4.69, 9.17) is 14.2 Å². The molecule has 1 aliphatic heterocycles. The van der Waals surface area contributed by atoms with Crippen molar-refractivity contribution in [2.45, 2.75) is 38.4 Å². The first kappa shape index (κ1) is 24.8. The lowest BCUT2D eigenvalue weighted by atomic mass is 9.80. The third-order valence-electron chi connectivity index (χ3n) is 6.47. The fourth-order valence-corrected chi connectivity index (χ4v) is 4.71. The standard InChI is InChI=1S/C28H34N2O5/c1-3-34-28-22(10-7-15-31)23(19-8-5-4-6-9-19)17-26(35-28)27(32)29-14-13-20-18-30-25-12-11-21(33-2)16-24(20)25/h4-6,8-9,11-12,16-18,22-23,28,30-31H,3,7,10,13-15H2,1-2H3,(H,29,32)/t22-,23-,28-/m1/s1. The quantitative estimate of drug-likeness (QED) is 0.382. The molecule has 0 unspecified atom stereocenters. The maximum absolute atomic E-state index is 13.1. The highest BCUT2D eigenvalue weighted by molar-refractivity contribution is 5.92. The third kappa shape index (κ3) is 5.86. The number of methoxy groups -OCH3 is 1. The van der Waals surface area contributed by atoms with Crippen molar-refractivity contribution in [1.82, 2.24) is 10.3 Å².